The van der Waals surface area contributed by atoms with E-state index in [2.05, 4.69) is 43.5 Å². The number of ether oxygens (including phenoxy) is 1. The van der Waals surface area contributed by atoms with Gasteiger partial charge in [0.05, 0.1) is 19.5 Å². The van der Waals surface area contributed by atoms with Crippen molar-refractivity contribution in [3.05, 3.63) is 12.7 Å². The monoisotopic (exact) mass is 841 g/mol. The summed E-state index contributed by atoms with van der Waals surface area (Å²) in [6.45, 7) is 1.89. The zero-order chi connectivity index (χ0) is 39.1. The van der Waals surface area contributed by atoms with Gasteiger partial charge in [0.25, 0.3) is 23.5 Å². The number of aliphatic hydroxyl groups excluding tert-OH is 2. The number of phosphoric ester groups is 3. The summed E-state index contributed by atoms with van der Waals surface area (Å²) in [5.41, 5.74) is 4.11. The number of imidazole rings is 1. The number of nitrogens with two attached hydrogens (primary N) is 1. The van der Waals surface area contributed by atoms with Gasteiger partial charge in [-0.1, -0.05) is 32.5 Å². The maximum absolute atomic E-state index is 12.5. The number of amides is 2. The van der Waals surface area contributed by atoms with Crippen LogP contribution in [-0.2, 0) is 50.7 Å². The van der Waals surface area contributed by atoms with E-state index in [1.165, 1.54) is 13.8 Å². The minimum atomic E-state index is -5.89. The third kappa shape index (κ3) is 16.9. The number of carbonyl (C=O) groups is 3. The zero-order valence-corrected chi connectivity index (χ0v) is 34.2. The number of hydrogen-bond donors (Lipinski definition) is 6. The van der Waals surface area contributed by atoms with Gasteiger partial charge in [0.2, 0.25) is 11.8 Å². The summed E-state index contributed by atoms with van der Waals surface area (Å²) in [6.07, 6.45) is -6.99. The van der Waals surface area contributed by atoms with Crippen molar-refractivity contribution in [2.45, 2.75) is 64.3 Å². The molecule has 1 aliphatic rings. The van der Waals surface area contributed by atoms with E-state index in [4.69, 9.17) is 10.5 Å². The van der Waals surface area contributed by atoms with Gasteiger partial charge in [0.15, 0.2) is 22.8 Å². The third-order valence-corrected chi connectivity index (χ3v) is 11.1. The summed E-state index contributed by atoms with van der Waals surface area (Å²) in [4.78, 5) is 92.9. The molecule has 8 atom stereocenters. The first kappa shape index (κ1) is 54.4. The number of nitrogen functional groups attached to an aromatic ring is 1. The number of fused-ring (bicyclic) bond motifs is 1. The molecule has 0 aliphatic carbocycles. The molecule has 55 heavy (non-hydrogen) atoms. The van der Waals surface area contributed by atoms with Gasteiger partial charge < -0.3 is 64.5 Å². The average Bonchev–Trinajstić information content (AvgIpc) is 3.60. The molecule has 31 heteroatoms. The number of nitrogens with one attached hydrogen (secondary N) is 2. The summed E-state index contributed by atoms with van der Waals surface area (Å²) in [7, 11) is -17.3. The van der Waals surface area contributed by atoms with Crippen LogP contribution in [0.3, 0.4) is 0 Å². The van der Waals surface area contributed by atoms with Crippen molar-refractivity contribution in [2.24, 2.45) is 5.41 Å². The molecule has 8 unspecified atom stereocenters. The first-order chi connectivity index (χ1) is 24.1. The predicted molar refractivity (Wildman–Crippen MR) is 171 cm³/mol. The van der Waals surface area contributed by atoms with Crippen molar-refractivity contribution >= 4 is 69.1 Å². The van der Waals surface area contributed by atoms with Gasteiger partial charge in [-0.3, -0.25) is 32.6 Å². The molecule has 2 aromatic heterocycles. The predicted octanol–water partition coefficient (Wildman–Crippen LogP) is -11.8. The van der Waals surface area contributed by atoms with E-state index in [1.54, 1.807) is 6.92 Å². The summed E-state index contributed by atoms with van der Waals surface area (Å²) in [5.74, 6) is -1.16. The van der Waals surface area contributed by atoms with Gasteiger partial charge in [0.1, 0.15) is 36.3 Å². The Morgan fingerprint density at radius 2 is 1.71 bits per heavy atom. The van der Waals surface area contributed by atoms with Gasteiger partial charge in [-0.15, -0.1) is 0 Å². The second kappa shape index (κ2) is 23.2. The number of phosphoric acid groups is 3. The number of rotatable bonds is 20. The Morgan fingerprint density at radius 3 is 2.33 bits per heavy atom. The van der Waals surface area contributed by atoms with E-state index in [0.717, 1.165) is 29.0 Å². The van der Waals surface area contributed by atoms with Crippen LogP contribution in [0.1, 0.15) is 39.8 Å². The van der Waals surface area contributed by atoms with E-state index < -0.39 is 84.6 Å². The number of nitrogens with zero attached hydrogens (tertiary/aromatic N) is 4. The minimum Gasteiger partial charge on any atom is -0.756 e. The van der Waals surface area contributed by atoms with Gasteiger partial charge in [-0.25, -0.2) is 19.3 Å². The fraction of sp³-hybridized carbons (Fsp3) is 0.667. The molecule has 0 bridgehead atoms. The number of aliphatic hydroxyl groups is 2. The SMILES string of the molecule is CCC(=O)SCCNC(=O)CCNC(=O)C(O)C(C)(C)COP(=O)([O-])OP(=O)([O-])OCC1OC(n2cnc3c(N)ncnc32)C(O)C1OP(=O)([O-])O.[Li+].[Li+].[Li+]. The fourth-order valence-corrected chi connectivity index (χ4v) is 7.76. The van der Waals surface area contributed by atoms with Crippen molar-refractivity contribution in [2.75, 3.05) is 37.8 Å². The molecule has 1 saturated heterocycles. The number of anilines is 1. The van der Waals surface area contributed by atoms with Crippen LogP contribution in [0.25, 0.3) is 11.2 Å². The fourth-order valence-electron chi connectivity index (χ4n) is 4.38. The second-order valence-corrected chi connectivity index (χ2v) is 16.8. The molecular weight excluding hydrogens is 804 g/mol. The van der Waals surface area contributed by atoms with Gasteiger partial charge in [-0.05, 0) is 0 Å². The molecule has 2 amide bonds. The van der Waals surface area contributed by atoms with Crippen LogP contribution in [0.15, 0.2) is 12.7 Å². The Kier molecular flexibility index (Phi) is 22.9. The Bertz CT molecular complexity index is 1740. The van der Waals surface area contributed by atoms with E-state index in [-0.39, 0.29) is 98.2 Å². The molecule has 7 N–H and O–H groups in total. The van der Waals surface area contributed by atoms with Crippen molar-refractivity contribution in [1.29, 1.82) is 0 Å². The van der Waals surface area contributed by atoms with E-state index in [9.17, 15) is 57.9 Å². The molecular formula is C24H37Li3N7O17P3S. The zero-order valence-electron chi connectivity index (χ0n) is 30.7. The Hall–Kier alpha value is -0.648. The molecule has 1 aliphatic heterocycles. The first-order valence-electron chi connectivity index (χ1n) is 15.0. The van der Waals surface area contributed by atoms with Crippen molar-refractivity contribution in [1.82, 2.24) is 30.2 Å². The number of hydrogen-bond acceptors (Lipinski definition) is 21. The van der Waals surface area contributed by atoms with Crippen LogP contribution in [0.2, 0.25) is 0 Å². The van der Waals surface area contributed by atoms with Crippen molar-refractivity contribution in [3.63, 3.8) is 0 Å². The molecule has 24 nitrogen and oxygen atoms in total. The number of carbonyl (C=O) groups excluding carboxylic acids is 3. The van der Waals surface area contributed by atoms with Crippen LogP contribution in [0.5, 0.6) is 0 Å². The molecule has 294 valence electrons. The topological polar surface area (TPSA) is 372 Å². The first-order valence-corrected chi connectivity index (χ1v) is 20.5. The maximum Gasteiger partial charge on any atom is 1.00 e. The summed E-state index contributed by atoms with van der Waals surface area (Å²) >= 11 is 1.06. The molecule has 3 heterocycles. The Labute approximate surface area is 354 Å². The molecule has 1 fully saturated rings. The van der Waals surface area contributed by atoms with E-state index >= 15 is 0 Å². The number of thioether (sulfide) groups is 1. The van der Waals surface area contributed by atoms with Gasteiger partial charge in [0, 0.05) is 37.1 Å². The van der Waals surface area contributed by atoms with E-state index in [1.807, 2.05) is 0 Å². The van der Waals surface area contributed by atoms with Crippen LogP contribution in [-0.4, -0.2) is 108 Å². The van der Waals surface area contributed by atoms with Crippen LogP contribution in [0, 0.1) is 5.41 Å². The second-order valence-electron chi connectivity index (χ2n) is 11.6. The smallest absolute Gasteiger partial charge is 0.756 e. The minimum absolute atomic E-state index is 0. The molecule has 0 spiro atoms. The Balaban J connectivity index is 0.00000972. The molecule has 3 rings (SSSR count). The van der Waals surface area contributed by atoms with Crippen LogP contribution >= 0.6 is 35.2 Å². The van der Waals surface area contributed by atoms with Crippen LogP contribution in [0.4, 0.5) is 5.82 Å². The summed E-state index contributed by atoms with van der Waals surface area (Å²) < 4.78 is 60.6. The summed E-state index contributed by atoms with van der Waals surface area (Å²) in [5, 5.41) is 26.1. The largest absolute Gasteiger partial charge is 1.00 e. The Morgan fingerprint density at radius 1 is 1.07 bits per heavy atom. The normalized spacial score (nSPS) is 22.1. The van der Waals surface area contributed by atoms with E-state index in [0.29, 0.717) is 12.2 Å². The van der Waals surface area contributed by atoms with Crippen molar-refractivity contribution < 1.29 is 137 Å². The maximum atomic E-state index is 12.5. The molecule has 0 radical (unpaired) electrons. The summed E-state index contributed by atoms with van der Waals surface area (Å²) in [6, 6.07) is 0. The number of aromatic nitrogens is 4. The quantitative estimate of drug-likeness (QED) is 0.0409. The molecule has 0 saturated carbocycles. The van der Waals surface area contributed by atoms with Gasteiger partial charge >= 0.3 is 56.6 Å². The van der Waals surface area contributed by atoms with Crippen LogP contribution < -0.4 is 87.6 Å². The third-order valence-electron chi connectivity index (χ3n) is 7.03. The standard InChI is InChI=1S/C24H40N7O17P3S.3Li/c1-4-15(33)52-8-7-26-14(32)5-6-27-22(36)19(35)24(2,3)10-45-51(42,43)48-50(40,41)44-9-13-18(47-49(37,38)39)17(34)23(46-13)31-12-30-16-20(25)28-11-29-21(16)31;;;/h11-13,17-19,23,34-35H,4-10H2,1-3H3,(H,26,32)(H,27,36)(H,40,41)(H,42,43)(H2,25,28,29)(H2,37,38,39);;;/q;3*+1/p-3. The molecule has 2 aromatic rings. The molecule has 0 aromatic carbocycles. The van der Waals surface area contributed by atoms with Crippen molar-refractivity contribution in [3.8, 4) is 0 Å². The van der Waals surface area contributed by atoms with Gasteiger partial charge in [-0.2, -0.15) is 0 Å². The average molecular weight is 841 g/mol.